The summed E-state index contributed by atoms with van der Waals surface area (Å²) in [4.78, 5) is 2.48. The van der Waals surface area contributed by atoms with Crippen LogP contribution in [0.4, 0.5) is 0 Å². The second-order valence-corrected chi connectivity index (χ2v) is 5.86. The van der Waals surface area contributed by atoms with E-state index in [2.05, 4.69) is 43.0 Å². The Morgan fingerprint density at radius 2 is 1.95 bits per heavy atom. The predicted molar refractivity (Wildman–Crippen MR) is 87.1 cm³/mol. The molecule has 2 rings (SSSR count). The molecule has 0 bridgehead atoms. The van der Waals surface area contributed by atoms with E-state index in [9.17, 15) is 0 Å². The van der Waals surface area contributed by atoms with Crippen LogP contribution < -0.4 is 4.74 Å². The molecular formula is C18H29NO2. The van der Waals surface area contributed by atoms with Crippen LogP contribution in [0.15, 0.2) is 24.3 Å². The lowest BCUT2D eigenvalue weighted by Crippen LogP contribution is -2.36. The van der Waals surface area contributed by atoms with Gasteiger partial charge in [0, 0.05) is 13.1 Å². The van der Waals surface area contributed by atoms with Gasteiger partial charge in [0.05, 0.1) is 19.8 Å². The molecule has 1 aromatic carbocycles. The second-order valence-electron chi connectivity index (χ2n) is 5.86. The summed E-state index contributed by atoms with van der Waals surface area (Å²) in [6, 6.07) is 8.46. The van der Waals surface area contributed by atoms with Crippen molar-refractivity contribution >= 4 is 0 Å². The van der Waals surface area contributed by atoms with Gasteiger partial charge < -0.3 is 9.47 Å². The van der Waals surface area contributed by atoms with Gasteiger partial charge >= 0.3 is 0 Å². The van der Waals surface area contributed by atoms with E-state index in [-0.39, 0.29) is 0 Å². The first kappa shape index (κ1) is 16.3. The van der Waals surface area contributed by atoms with Gasteiger partial charge in [-0.25, -0.2) is 0 Å². The van der Waals surface area contributed by atoms with E-state index in [4.69, 9.17) is 9.47 Å². The number of rotatable bonds is 8. The van der Waals surface area contributed by atoms with Gasteiger partial charge in [-0.2, -0.15) is 0 Å². The SMILES string of the molecule is CC[C@H](C)c1ccccc1OCCCCN1CCOCC1. The Hall–Kier alpha value is -1.06. The van der Waals surface area contributed by atoms with Crippen LogP contribution in [-0.2, 0) is 4.74 Å². The Morgan fingerprint density at radius 1 is 1.19 bits per heavy atom. The van der Waals surface area contributed by atoms with E-state index in [0.29, 0.717) is 5.92 Å². The number of para-hydroxylation sites is 1. The van der Waals surface area contributed by atoms with Gasteiger partial charge in [0.25, 0.3) is 0 Å². The van der Waals surface area contributed by atoms with E-state index >= 15 is 0 Å². The van der Waals surface area contributed by atoms with Crippen molar-refractivity contribution < 1.29 is 9.47 Å². The molecule has 118 valence electrons. The third-order valence-corrected chi connectivity index (χ3v) is 4.29. The van der Waals surface area contributed by atoms with Crippen molar-refractivity contribution in [1.29, 1.82) is 0 Å². The van der Waals surface area contributed by atoms with Crippen LogP contribution in [0.2, 0.25) is 0 Å². The lowest BCUT2D eigenvalue weighted by molar-refractivity contribution is 0.0368. The number of unbranched alkanes of at least 4 members (excludes halogenated alkanes) is 1. The lowest BCUT2D eigenvalue weighted by atomic mass is 9.98. The quantitative estimate of drug-likeness (QED) is 0.682. The Labute approximate surface area is 129 Å². The predicted octanol–water partition coefficient (Wildman–Crippen LogP) is 3.69. The van der Waals surface area contributed by atoms with Gasteiger partial charge in [0.2, 0.25) is 0 Å². The Morgan fingerprint density at radius 3 is 2.71 bits per heavy atom. The van der Waals surface area contributed by atoms with Crippen molar-refractivity contribution in [2.45, 2.75) is 39.0 Å². The van der Waals surface area contributed by atoms with E-state index in [1.165, 1.54) is 18.5 Å². The zero-order chi connectivity index (χ0) is 14.9. The molecule has 1 aliphatic rings. The largest absolute Gasteiger partial charge is 0.493 e. The Kier molecular flexibility index (Phi) is 7.04. The van der Waals surface area contributed by atoms with Crippen molar-refractivity contribution in [3.05, 3.63) is 29.8 Å². The average Bonchev–Trinajstić information content (AvgIpc) is 2.55. The molecule has 0 radical (unpaired) electrons. The van der Waals surface area contributed by atoms with Crippen molar-refractivity contribution in [3.8, 4) is 5.75 Å². The molecule has 1 saturated heterocycles. The summed E-state index contributed by atoms with van der Waals surface area (Å²) in [6.45, 7) is 10.4. The number of morpholine rings is 1. The Bertz CT molecular complexity index is 402. The maximum atomic E-state index is 6.01. The highest BCUT2D eigenvalue weighted by molar-refractivity contribution is 5.35. The highest BCUT2D eigenvalue weighted by atomic mass is 16.5. The molecule has 1 aromatic rings. The zero-order valence-electron chi connectivity index (χ0n) is 13.5. The molecule has 21 heavy (non-hydrogen) atoms. The minimum absolute atomic E-state index is 0.564. The van der Waals surface area contributed by atoms with E-state index in [1.807, 2.05) is 0 Å². The zero-order valence-corrected chi connectivity index (χ0v) is 13.5. The molecule has 0 unspecified atom stereocenters. The summed E-state index contributed by atoms with van der Waals surface area (Å²) in [5, 5.41) is 0. The summed E-state index contributed by atoms with van der Waals surface area (Å²) in [6.07, 6.45) is 3.47. The topological polar surface area (TPSA) is 21.7 Å². The van der Waals surface area contributed by atoms with Gasteiger partial charge in [-0.05, 0) is 43.4 Å². The Balaban J connectivity index is 1.68. The summed E-state index contributed by atoms with van der Waals surface area (Å²) < 4.78 is 11.4. The summed E-state index contributed by atoms with van der Waals surface area (Å²) >= 11 is 0. The van der Waals surface area contributed by atoms with Crippen LogP contribution in [0.3, 0.4) is 0 Å². The van der Waals surface area contributed by atoms with Crippen molar-refractivity contribution in [2.24, 2.45) is 0 Å². The van der Waals surface area contributed by atoms with Crippen LogP contribution in [-0.4, -0.2) is 44.4 Å². The monoisotopic (exact) mass is 291 g/mol. The van der Waals surface area contributed by atoms with Gasteiger partial charge in [-0.15, -0.1) is 0 Å². The molecule has 0 spiro atoms. The highest BCUT2D eigenvalue weighted by Crippen LogP contribution is 2.28. The molecule has 0 amide bonds. The number of nitrogens with zero attached hydrogens (tertiary/aromatic N) is 1. The first-order valence-corrected chi connectivity index (χ1v) is 8.33. The molecular weight excluding hydrogens is 262 g/mol. The summed E-state index contributed by atoms with van der Waals surface area (Å²) in [5.74, 6) is 1.63. The van der Waals surface area contributed by atoms with Crippen LogP contribution in [0.25, 0.3) is 0 Å². The van der Waals surface area contributed by atoms with E-state index in [1.54, 1.807) is 0 Å². The molecule has 1 heterocycles. The smallest absolute Gasteiger partial charge is 0.122 e. The van der Waals surface area contributed by atoms with Crippen LogP contribution in [0.5, 0.6) is 5.75 Å². The molecule has 0 N–H and O–H groups in total. The summed E-state index contributed by atoms with van der Waals surface area (Å²) in [7, 11) is 0. The molecule has 3 nitrogen and oxygen atoms in total. The minimum Gasteiger partial charge on any atom is -0.493 e. The van der Waals surface area contributed by atoms with Gasteiger partial charge in [-0.1, -0.05) is 32.0 Å². The van der Waals surface area contributed by atoms with Crippen LogP contribution >= 0.6 is 0 Å². The van der Waals surface area contributed by atoms with Gasteiger partial charge in [0.15, 0.2) is 0 Å². The summed E-state index contributed by atoms with van der Waals surface area (Å²) in [5.41, 5.74) is 1.34. The number of benzene rings is 1. The normalized spacial score (nSPS) is 17.6. The fraction of sp³-hybridized carbons (Fsp3) is 0.667. The first-order chi connectivity index (χ1) is 10.3. The molecule has 1 atom stereocenters. The molecule has 3 heteroatoms. The number of hydrogen-bond acceptors (Lipinski definition) is 3. The van der Waals surface area contributed by atoms with Gasteiger partial charge in [0.1, 0.15) is 5.75 Å². The van der Waals surface area contributed by atoms with E-state index in [0.717, 1.165) is 51.5 Å². The van der Waals surface area contributed by atoms with E-state index < -0.39 is 0 Å². The molecule has 1 fully saturated rings. The maximum Gasteiger partial charge on any atom is 0.122 e. The third-order valence-electron chi connectivity index (χ3n) is 4.29. The number of ether oxygens (including phenoxy) is 2. The fourth-order valence-corrected chi connectivity index (χ4v) is 2.68. The second kappa shape index (κ2) is 9.06. The lowest BCUT2D eigenvalue weighted by Gasteiger charge is -2.26. The average molecular weight is 291 g/mol. The number of hydrogen-bond donors (Lipinski definition) is 0. The molecule has 0 saturated carbocycles. The molecule has 0 aliphatic carbocycles. The standard InChI is InChI=1S/C18H29NO2/c1-3-16(2)17-8-4-5-9-18(17)21-13-7-6-10-19-11-14-20-15-12-19/h4-5,8-9,16H,3,6-7,10-15H2,1-2H3/t16-/m0/s1. The third kappa shape index (κ3) is 5.33. The van der Waals surface area contributed by atoms with Gasteiger partial charge in [-0.3, -0.25) is 4.90 Å². The molecule has 1 aliphatic heterocycles. The molecule has 0 aromatic heterocycles. The van der Waals surface area contributed by atoms with Crippen molar-refractivity contribution in [2.75, 3.05) is 39.5 Å². The van der Waals surface area contributed by atoms with Crippen LogP contribution in [0, 0.1) is 0 Å². The minimum atomic E-state index is 0.564. The maximum absolute atomic E-state index is 6.01. The van der Waals surface area contributed by atoms with Crippen LogP contribution in [0.1, 0.15) is 44.6 Å². The van der Waals surface area contributed by atoms with Crippen molar-refractivity contribution in [3.63, 3.8) is 0 Å². The first-order valence-electron chi connectivity index (χ1n) is 8.33. The van der Waals surface area contributed by atoms with Crippen molar-refractivity contribution in [1.82, 2.24) is 4.90 Å². The fourth-order valence-electron chi connectivity index (χ4n) is 2.68. The highest BCUT2D eigenvalue weighted by Gasteiger charge is 2.10.